The standard InChI is InChI=1S/C22H34N4O/c1-16-4-3-5-21(17(16)2)26-12-10-25(11-13-26)9-8-18-14-20(15-18)24-22(27)23-19-6-7-19/h3-5,18-20H,6-15H2,1-2H3,(H2,23,24,27). The van der Waals surface area contributed by atoms with Gasteiger partial charge in [0.05, 0.1) is 0 Å². The van der Waals surface area contributed by atoms with Crippen LogP contribution in [0.3, 0.4) is 0 Å². The summed E-state index contributed by atoms with van der Waals surface area (Å²) in [5, 5.41) is 6.13. The molecular formula is C22H34N4O. The van der Waals surface area contributed by atoms with E-state index in [-0.39, 0.29) is 6.03 Å². The molecule has 3 fully saturated rings. The Morgan fingerprint density at radius 1 is 1.04 bits per heavy atom. The summed E-state index contributed by atoms with van der Waals surface area (Å²) in [6, 6.07) is 7.53. The number of carbonyl (C=O) groups excluding carboxylic acids is 1. The number of amides is 2. The van der Waals surface area contributed by atoms with Gasteiger partial charge in [-0.1, -0.05) is 12.1 Å². The number of rotatable bonds is 6. The average Bonchev–Trinajstić information content (AvgIpc) is 3.44. The maximum absolute atomic E-state index is 11.8. The molecule has 4 rings (SSSR count). The van der Waals surface area contributed by atoms with Crippen LogP contribution in [0.4, 0.5) is 10.5 Å². The van der Waals surface area contributed by atoms with Gasteiger partial charge in [-0.25, -0.2) is 4.79 Å². The van der Waals surface area contributed by atoms with Gasteiger partial charge in [-0.05, 0) is 75.6 Å². The Hall–Kier alpha value is -1.75. The summed E-state index contributed by atoms with van der Waals surface area (Å²) < 4.78 is 0. The van der Waals surface area contributed by atoms with Crippen molar-refractivity contribution in [1.82, 2.24) is 15.5 Å². The molecule has 1 aromatic carbocycles. The molecule has 0 spiro atoms. The van der Waals surface area contributed by atoms with E-state index >= 15 is 0 Å². The Morgan fingerprint density at radius 3 is 2.44 bits per heavy atom. The summed E-state index contributed by atoms with van der Waals surface area (Å²) in [5.41, 5.74) is 4.21. The van der Waals surface area contributed by atoms with Crippen molar-refractivity contribution < 1.29 is 4.79 Å². The first-order chi connectivity index (χ1) is 13.1. The summed E-state index contributed by atoms with van der Waals surface area (Å²) in [6.45, 7) is 10.2. The molecule has 27 heavy (non-hydrogen) atoms. The highest BCUT2D eigenvalue weighted by Gasteiger charge is 2.32. The van der Waals surface area contributed by atoms with Crippen LogP contribution in [0.25, 0.3) is 0 Å². The number of carbonyl (C=O) groups is 1. The average molecular weight is 371 g/mol. The second-order valence-corrected chi connectivity index (χ2v) is 8.76. The summed E-state index contributed by atoms with van der Waals surface area (Å²) >= 11 is 0. The fourth-order valence-corrected chi connectivity index (χ4v) is 4.39. The second-order valence-electron chi connectivity index (χ2n) is 8.76. The van der Waals surface area contributed by atoms with E-state index in [1.807, 2.05) is 0 Å². The minimum absolute atomic E-state index is 0.0449. The zero-order valence-corrected chi connectivity index (χ0v) is 16.8. The van der Waals surface area contributed by atoms with Crippen LogP contribution in [-0.2, 0) is 0 Å². The molecule has 2 amide bonds. The second kappa shape index (κ2) is 8.09. The monoisotopic (exact) mass is 370 g/mol. The number of aryl methyl sites for hydroxylation is 1. The van der Waals surface area contributed by atoms with E-state index in [2.05, 4.69) is 52.5 Å². The maximum Gasteiger partial charge on any atom is 0.315 e. The van der Waals surface area contributed by atoms with Crippen LogP contribution in [0.5, 0.6) is 0 Å². The molecule has 2 aliphatic carbocycles. The Kier molecular flexibility index (Phi) is 5.58. The van der Waals surface area contributed by atoms with Crippen LogP contribution >= 0.6 is 0 Å². The van der Waals surface area contributed by atoms with Crippen molar-refractivity contribution in [1.29, 1.82) is 0 Å². The quantitative estimate of drug-likeness (QED) is 0.809. The molecule has 1 aliphatic heterocycles. The van der Waals surface area contributed by atoms with Gasteiger partial charge in [0.1, 0.15) is 0 Å². The molecule has 0 aromatic heterocycles. The molecule has 0 bridgehead atoms. The van der Waals surface area contributed by atoms with Crippen molar-refractivity contribution in [3.05, 3.63) is 29.3 Å². The number of urea groups is 1. The van der Waals surface area contributed by atoms with Gasteiger partial charge in [0.25, 0.3) is 0 Å². The Labute approximate surface area is 163 Å². The molecule has 2 N–H and O–H groups in total. The van der Waals surface area contributed by atoms with Gasteiger partial charge in [-0.3, -0.25) is 4.90 Å². The lowest BCUT2D eigenvalue weighted by atomic mass is 9.78. The highest BCUT2D eigenvalue weighted by molar-refractivity contribution is 5.75. The van der Waals surface area contributed by atoms with Crippen LogP contribution in [0.2, 0.25) is 0 Å². The smallest absolute Gasteiger partial charge is 0.315 e. The lowest BCUT2D eigenvalue weighted by molar-refractivity contribution is 0.169. The summed E-state index contributed by atoms with van der Waals surface area (Å²) in [7, 11) is 0. The number of nitrogens with zero attached hydrogens (tertiary/aromatic N) is 2. The molecule has 1 aromatic rings. The molecule has 0 unspecified atom stereocenters. The third-order valence-electron chi connectivity index (χ3n) is 6.63. The largest absolute Gasteiger partial charge is 0.369 e. The van der Waals surface area contributed by atoms with Gasteiger partial charge in [0, 0.05) is 44.0 Å². The van der Waals surface area contributed by atoms with Gasteiger partial charge in [0.2, 0.25) is 0 Å². The summed E-state index contributed by atoms with van der Waals surface area (Å²) in [4.78, 5) is 16.9. The molecule has 5 heteroatoms. The summed E-state index contributed by atoms with van der Waals surface area (Å²) in [6.07, 6.45) is 5.88. The van der Waals surface area contributed by atoms with Gasteiger partial charge < -0.3 is 15.5 Å². The summed E-state index contributed by atoms with van der Waals surface area (Å²) in [5.74, 6) is 0.785. The molecule has 0 atom stereocenters. The molecule has 1 heterocycles. The minimum Gasteiger partial charge on any atom is -0.369 e. The number of benzene rings is 1. The number of anilines is 1. The first-order valence-electron chi connectivity index (χ1n) is 10.7. The van der Waals surface area contributed by atoms with Crippen molar-refractivity contribution in [2.24, 2.45) is 5.92 Å². The molecule has 0 radical (unpaired) electrons. The van der Waals surface area contributed by atoms with Crippen molar-refractivity contribution >= 4 is 11.7 Å². The van der Waals surface area contributed by atoms with E-state index < -0.39 is 0 Å². The molecule has 1 saturated heterocycles. The zero-order valence-electron chi connectivity index (χ0n) is 16.8. The van der Waals surface area contributed by atoms with Gasteiger partial charge >= 0.3 is 6.03 Å². The molecule has 5 nitrogen and oxygen atoms in total. The fourth-order valence-electron chi connectivity index (χ4n) is 4.39. The van der Waals surface area contributed by atoms with E-state index in [9.17, 15) is 4.79 Å². The van der Waals surface area contributed by atoms with Crippen molar-refractivity contribution in [3.63, 3.8) is 0 Å². The van der Waals surface area contributed by atoms with E-state index in [0.29, 0.717) is 12.1 Å². The van der Waals surface area contributed by atoms with Crippen molar-refractivity contribution in [3.8, 4) is 0 Å². The number of piperazine rings is 1. The fraction of sp³-hybridized carbons (Fsp3) is 0.682. The van der Waals surface area contributed by atoms with Crippen LogP contribution in [0, 0.1) is 19.8 Å². The van der Waals surface area contributed by atoms with Gasteiger partial charge in [-0.2, -0.15) is 0 Å². The van der Waals surface area contributed by atoms with E-state index in [4.69, 9.17) is 0 Å². The molecular weight excluding hydrogens is 336 g/mol. The number of hydrogen-bond donors (Lipinski definition) is 2. The lowest BCUT2D eigenvalue weighted by Crippen LogP contribution is -2.50. The van der Waals surface area contributed by atoms with E-state index in [1.54, 1.807) is 0 Å². The predicted octanol–water partition coefficient (Wildman–Crippen LogP) is 3.06. The number of hydrogen-bond acceptors (Lipinski definition) is 3. The predicted molar refractivity (Wildman–Crippen MR) is 110 cm³/mol. The zero-order chi connectivity index (χ0) is 18.8. The van der Waals surface area contributed by atoms with Crippen LogP contribution in [0.15, 0.2) is 18.2 Å². The first-order valence-corrected chi connectivity index (χ1v) is 10.7. The third-order valence-corrected chi connectivity index (χ3v) is 6.63. The van der Waals surface area contributed by atoms with Gasteiger partial charge in [0.15, 0.2) is 0 Å². The Bertz CT molecular complexity index is 658. The van der Waals surface area contributed by atoms with Crippen LogP contribution < -0.4 is 15.5 Å². The topological polar surface area (TPSA) is 47.6 Å². The van der Waals surface area contributed by atoms with Crippen LogP contribution in [0.1, 0.15) is 43.2 Å². The van der Waals surface area contributed by atoms with E-state index in [1.165, 1.54) is 29.8 Å². The minimum atomic E-state index is 0.0449. The number of nitrogens with one attached hydrogen (secondary N) is 2. The van der Waals surface area contributed by atoms with Crippen molar-refractivity contribution in [2.75, 3.05) is 37.6 Å². The molecule has 2 saturated carbocycles. The Balaban J connectivity index is 1.12. The van der Waals surface area contributed by atoms with Gasteiger partial charge in [-0.15, -0.1) is 0 Å². The Morgan fingerprint density at radius 2 is 1.74 bits per heavy atom. The third kappa shape index (κ3) is 4.75. The SMILES string of the molecule is Cc1cccc(N2CCN(CCC3CC(NC(=O)NC4CC4)C3)CC2)c1C. The maximum atomic E-state index is 11.8. The molecule has 3 aliphatic rings. The molecule has 148 valence electrons. The van der Waals surface area contributed by atoms with Crippen molar-refractivity contribution in [2.45, 2.75) is 58.0 Å². The van der Waals surface area contributed by atoms with E-state index in [0.717, 1.165) is 57.8 Å². The lowest BCUT2D eigenvalue weighted by Gasteiger charge is -2.40. The van der Waals surface area contributed by atoms with Crippen LogP contribution in [-0.4, -0.2) is 55.7 Å². The first kappa shape index (κ1) is 18.6. The highest BCUT2D eigenvalue weighted by atomic mass is 16.2. The highest BCUT2D eigenvalue weighted by Crippen LogP contribution is 2.31. The normalized spacial score (nSPS) is 25.8.